The van der Waals surface area contributed by atoms with Gasteiger partial charge in [-0.15, -0.1) is 11.6 Å². The fourth-order valence-corrected chi connectivity index (χ4v) is 1.72. The Balaban J connectivity index is 2.31. The maximum absolute atomic E-state index is 11.9. The zero-order valence-electron chi connectivity index (χ0n) is 10.3. The van der Waals surface area contributed by atoms with Crippen LogP contribution in [0.5, 0.6) is 0 Å². The Hall–Kier alpha value is -1.23. The molecule has 0 saturated heterocycles. The summed E-state index contributed by atoms with van der Waals surface area (Å²) in [4.78, 5) is 11.7. The fraction of sp³-hybridized carbons (Fsp3) is 0.462. The molecule has 0 saturated carbocycles. The van der Waals surface area contributed by atoms with Crippen molar-refractivity contribution in [1.29, 1.82) is 0 Å². The molecule has 106 valence electrons. The predicted octanol–water partition coefficient (Wildman–Crippen LogP) is 3.89. The number of nitrogens with one attached hydrogen (secondary N) is 1. The zero-order valence-corrected chi connectivity index (χ0v) is 11.0. The summed E-state index contributed by atoms with van der Waals surface area (Å²) < 4.78 is 35.7. The number of rotatable bonds is 6. The molecule has 1 aromatic rings. The Morgan fingerprint density at radius 1 is 1.26 bits per heavy atom. The van der Waals surface area contributed by atoms with Crippen LogP contribution in [0.4, 0.5) is 13.2 Å². The molecule has 1 rings (SSSR count). The number of hydrogen-bond acceptors (Lipinski definition) is 1. The summed E-state index contributed by atoms with van der Waals surface area (Å²) >= 11 is 5.65. The minimum atomic E-state index is -4.13. The number of alkyl halides is 4. The van der Waals surface area contributed by atoms with Crippen LogP contribution in [0.25, 0.3) is 0 Å². The Morgan fingerprint density at radius 3 is 2.63 bits per heavy atom. The summed E-state index contributed by atoms with van der Waals surface area (Å²) in [5.41, 5.74) is 1.29. The highest BCUT2D eigenvalue weighted by Gasteiger charge is 2.25. The molecule has 0 aromatic heterocycles. The maximum Gasteiger partial charge on any atom is 0.389 e. The molecule has 0 atom stereocenters. The SMILES string of the molecule is O=C(NCCCCC(F)(F)F)c1cccc(CCl)c1. The molecule has 6 heteroatoms. The van der Waals surface area contributed by atoms with Gasteiger partial charge in [0.1, 0.15) is 0 Å². The van der Waals surface area contributed by atoms with Gasteiger partial charge in [0.2, 0.25) is 0 Å². The molecule has 0 fully saturated rings. The van der Waals surface area contributed by atoms with E-state index in [0.717, 1.165) is 5.56 Å². The number of carbonyl (C=O) groups is 1. The first kappa shape index (κ1) is 15.8. The van der Waals surface area contributed by atoms with E-state index in [0.29, 0.717) is 17.9 Å². The Morgan fingerprint density at radius 2 is 2.00 bits per heavy atom. The van der Waals surface area contributed by atoms with Crippen molar-refractivity contribution in [1.82, 2.24) is 5.32 Å². The van der Waals surface area contributed by atoms with Crippen LogP contribution >= 0.6 is 11.6 Å². The van der Waals surface area contributed by atoms with Crippen LogP contribution in [0.15, 0.2) is 24.3 Å². The molecule has 0 unspecified atom stereocenters. The monoisotopic (exact) mass is 293 g/mol. The molecule has 0 radical (unpaired) electrons. The van der Waals surface area contributed by atoms with Crippen LogP contribution in [0.3, 0.4) is 0 Å². The summed E-state index contributed by atoms with van der Waals surface area (Å²) in [5.74, 6) is 0.0196. The van der Waals surface area contributed by atoms with Crippen molar-refractivity contribution in [3.63, 3.8) is 0 Å². The summed E-state index contributed by atoms with van der Waals surface area (Å²) in [6.07, 6.45) is -4.62. The van der Waals surface area contributed by atoms with E-state index < -0.39 is 12.6 Å². The van der Waals surface area contributed by atoms with E-state index in [9.17, 15) is 18.0 Å². The van der Waals surface area contributed by atoms with Crippen LogP contribution in [-0.2, 0) is 5.88 Å². The van der Waals surface area contributed by atoms with Gasteiger partial charge < -0.3 is 5.32 Å². The van der Waals surface area contributed by atoms with E-state index in [4.69, 9.17) is 11.6 Å². The van der Waals surface area contributed by atoms with E-state index in [2.05, 4.69) is 5.32 Å². The van der Waals surface area contributed by atoms with E-state index in [1.807, 2.05) is 0 Å². The van der Waals surface area contributed by atoms with Crippen molar-refractivity contribution in [3.8, 4) is 0 Å². The molecule has 0 aliphatic rings. The number of hydrogen-bond donors (Lipinski definition) is 1. The molecule has 0 bridgehead atoms. The third kappa shape index (κ3) is 6.47. The molecule has 1 amide bonds. The first-order valence-corrected chi connectivity index (χ1v) is 6.45. The number of unbranched alkanes of at least 4 members (excludes halogenated alkanes) is 1. The van der Waals surface area contributed by atoms with Gasteiger partial charge in [0.05, 0.1) is 0 Å². The number of amides is 1. The number of carbonyl (C=O) groups excluding carboxylic acids is 1. The first-order chi connectivity index (χ1) is 8.92. The lowest BCUT2D eigenvalue weighted by atomic mass is 10.1. The van der Waals surface area contributed by atoms with Gasteiger partial charge >= 0.3 is 6.18 Å². The largest absolute Gasteiger partial charge is 0.389 e. The van der Waals surface area contributed by atoms with Gasteiger partial charge in [0.15, 0.2) is 0 Å². The van der Waals surface area contributed by atoms with Crippen molar-refractivity contribution in [2.24, 2.45) is 0 Å². The highest BCUT2D eigenvalue weighted by Crippen LogP contribution is 2.21. The van der Waals surface area contributed by atoms with Crippen LogP contribution in [-0.4, -0.2) is 18.6 Å². The quantitative estimate of drug-likeness (QED) is 0.626. The average Bonchev–Trinajstić information content (AvgIpc) is 2.37. The highest BCUT2D eigenvalue weighted by molar-refractivity contribution is 6.17. The molecule has 0 aliphatic carbocycles. The van der Waals surface area contributed by atoms with Gasteiger partial charge in [-0.2, -0.15) is 13.2 Å². The van der Waals surface area contributed by atoms with Gasteiger partial charge in [-0.25, -0.2) is 0 Å². The van der Waals surface area contributed by atoms with Gasteiger partial charge in [0, 0.05) is 24.4 Å². The van der Waals surface area contributed by atoms with Crippen LogP contribution in [0, 0.1) is 0 Å². The molecule has 0 spiro atoms. The molecule has 0 heterocycles. The Kier molecular flexibility index (Phi) is 6.15. The minimum Gasteiger partial charge on any atom is -0.352 e. The van der Waals surface area contributed by atoms with E-state index in [1.165, 1.54) is 0 Å². The van der Waals surface area contributed by atoms with E-state index in [-0.39, 0.29) is 18.9 Å². The lowest BCUT2D eigenvalue weighted by molar-refractivity contribution is -0.135. The summed E-state index contributed by atoms with van der Waals surface area (Å²) in [6, 6.07) is 6.82. The minimum absolute atomic E-state index is 0.0193. The Labute approximate surface area is 114 Å². The van der Waals surface area contributed by atoms with Crippen LogP contribution < -0.4 is 5.32 Å². The normalized spacial score (nSPS) is 11.4. The van der Waals surface area contributed by atoms with Gasteiger partial charge in [-0.3, -0.25) is 4.79 Å². The molecule has 19 heavy (non-hydrogen) atoms. The maximum atomic E-state index is 11.9. The third-order valence-electron chi connectivity index (χ3n) is 2.52. The molecule has 1 aromatic carbocycles. The van der Waals surface area contributed by atoms with E-state index >= 15 is 0 Å². The molecular weight excluding hydrogens is 279 g/mol. The predicted molar refractivity (Wildman–Crippen MR) is 68.2 cm³/mol. The summed E-state index contributed by atoms with van der Waals surface area (Å²) in [6.45, 7) is 0.236. The second-order valence-corrected chi connectivity index (χ2v) is 4.43. The molecule has 1 N–H and O–H groups in total. The van der Waals surface area contributed by atoms with Crippen molar-refractivity contribution in [2.75, 3.05) is 6.54 Å². The van der Waals surface area contributed by atoms with E-state index in [1.54, 1.807) is 24.3 Å². The summed E-state index contributed by atoms with van der Waals surface area (Å²) in [7, 11) is 0. The first-order valence-electron chi connectivity index (χ1n) is 5.92. The van der Waals surface area contributed by atoms with Gasteiger partial charge in [-0.05, 0) is 30.5 Å². The second-order valence-electron chi connectivity index (χ2n) is 4.16. The van der Waals surface area contributed by atoms with Crippen molar-refractivity contribution in [2.45, 2.75) is 31.3 Å². The standard InChI is InChI=1S/C13H15ClF3NO/c14-9-10-4-3-5-11(8-10)12(19)18-7-2-1-6-13(15,16)17/h3-5,8H,1-2,6-7,9H2,(H,18,19). The molecule has 0 aliphatic heterocycles. The smallest absolute Gasteiger partial charge is 0.352 e. The fourth-order valence-electron chi connectivity index (χ4n) is 1.55. The zero-order chi connectivity index (χ0) is 14.3. The molecular formula is C13H15ClF3NO. The van der Waals surface area contributed by atoms with Gasteiger partial charge in [0.25, 0.3) is 5.91 Å². The number of halogens is 4. The van der Waals surface area contributed by atoms with Gasteiger partial charge in [-0.1, -0.05) is 12.1 Å². The average molecular weight is 294 g/mol. The van der Waals surface area contributed by atoms with Crippen LogP contribution in [0.2, 0.25) is 0 Å². The summed E-state index contributed by atoms with van der Waals surface area (Å²) in [5, 5.41) is 2.59. The topological polar surface area (TPSA) is 29.1 Å². The van der Waals surface area contributed by atoms with Crippen molar-refractivity contribution in [3.05, 3.63) is 35.4 Å². The lowest BCUT2D eigenvalue weighted by Gasteiger charge is -2.07. The van der Waals surface area contributed by atoms with Crippen LogP contribution in [0.1, 0.15) is 35.2 Å². The highest BCUT2D eigenvalue weighted by atomic mass is 35.5. The number of benzene rings is 1. The van der Waals surface area contributed by atoms with Crippen molar-refractivity contribution >= 4 is 17.5 Å². The van der Waals surface area contributed by atoms with Crippen molar-refractivity contribution < 1.29 is 18.0 Å². The third-order valence-corrected chi connectivity index (χ3v) is 2.82. The lowest BCUT2D eigenvalue weighted by Crippen LogP contribution is -2.24. The second kappa shape index (κ2) is 7.38. The Bertz CT molecular complexity index is 421. The molecule has 2 nitrogen and oxygen atoms in total.